The molecule has 0 radical (unpaired) electrons. The van der Waals surface area contributed by atoms with Crippen LogP contribution in [0, 0.1) is 20.8 Å². The Bertz CT molecular complexity index is 811. The first-order chi connectivity index (χ1) is 11.3. The predicted molar refractivity (Wildman–Crippen MR) is 91.7 cm³/mol. The van der Waals surface area contributed by atoms with Gasteiger partial charge in [-0.15, -0.1) is 11.3 Å². The van der Waals surface area contributed by atoms with Crippen molar-refractivity contribution in [3.05, 3.63) is 45.5 Å². The number of aryl methyl sites for hydroxylation is 3. The van der Waals surface area contributed by atoms with Crippen LogP contribution in [0.25, 0.3) is 0 Å². The highest BCUT2D eigenvalue weighted by molar-refractivity contribution is 7.14. The van der Waals surface area contributed by atoms with E-state index >= 15 is 0 Å². The number of anilines is 1. The highest BCUT2D eigenvalue weighted by Gasteiger charge is 2.17. The minimum absolute atomic E-state index is 0.0633. The lowest BCUT2D eigenvalue weighted by molar-refractivity contribution is -0.114. The van der Waals surface area contributed by atoms with Gasteiger partial charge in [0.15, 0.2) is 17.4 Å². The molecule has 2 rings (SSSR count). The average molecular weight is 346 g/mol. The third-order valence-corrected chi connectivity index (χ3v) is 4.23. The number of carbonyl (C=O) groups is 3. The molecule has 2 aromatic rings. The summed E-state index contributed by atoms with van der Waals surface area (Å²) in [6.07, 6.45) is 0. The van der Waals surface area contributed by atoms with Crippen LogP contribution in [0.3, 0.4) is 0 Å². The van der Waals surface area contributed by atoms with Crippen LogP contribution < -0.4 is 5.32 Å². The van der Waals surface area contributed by atoms with E-state index in [9.17, 15) is 14.4 Å². The van der Waals surface area contributed by atoms with E-state index in [-0.39, 0.29) is 24.0 Å². The third kappa shape index (κ3) is 4.26. The number of benzene rings is 1. The second kappa shape index (κ2) is 7.35. The van der Waals surface area contributed by atoms with E-state index in [2.05, 4.69) is 10.3 Å². The molecular formula is C17H18N2O4S. The van der Waals surface area contributed by atoms with Crippen molar-refractivity contribution in [1.82, 2.24) is 4.98 Å². The van der Waals surface area contributed by atoms with Crippen LogP contribution in [0.2, 0.25) is 0 Å². The molecule has 24 heavy (non-hydrogen) atoms. The number of nitrogens with one attached hydrogen (secondary N) is 1. The zero-order valence-corrected chi connectivity index (χ0v) is 14.7. The number of aromatic nitrogens is 1. The van der Waals surface area contributed by atoms with Gasteiger partial charge in [-0.25, -0.2) is 9.78 Å². The number of thiazole rings is 1. The van der Waals surface area contributed by atoms with Crippen molar-refractivity contribution in [1.29, 1.82) is 0 Å². The SMILES string of the molecule is CC(=O)Nc1nc(C(=O)OCC(=O)c2cc(C)c(C)cc2C)cs1. The molecule has 1 aromatic carbocycles. The normalized spacial score (nSPS) is 10.3. The Kier molecular flexibility index (Phi) is 5.46. The van der Waals surface area contributed by atoms with E-state index in [1.54, 1.807) is 6.07 Å². The monoisotopic (exact) mass is 346 g/mol. The Balaban J connectivity index is 2.01. The van der Waals surface area contributed by atoms with Crippen LogP contribution in [-0.2, 0) is 9.53 Å². The zero-order chi connectivity index (χ0) is 17.9. The summed E-state index contributed by atoms with van der Waals surface area (Å²) in [6.45, 7) is 6.75. The molecule has 1 heterocycles. The summed E-state index contributed by atoms with van der Waals surface area (Å²) in [5.41, 5.74) is 3.57. The van der Waals surface area contributed by atoms with Gasteiger partial charge in [0, 0.05) is 17.9 Å². The van der Waals surface area contributed by atoms with Crippen LogP contribution in [0.1, 0.15) is 44.5 Å². The fourth-order valence-corrected chi connectivity index (χ4v) is 2.85. The minimum Gasteiger partial charge on any atom is -0.453 e. The lowest BCUT2D eigenvalue weighted by Gasteiger charge is -2.09. The molecule has 0 saturated carbocycles. The maximum Gasteiger partial charge on any atom is 0.358 e. The van der Waals surface area contributed by atoms with Crippen LogP contribution >= 0.6 is 11.3 Å². The van der Waals surface area contributed by atoms with Gasteiger partial charge in [-0.3, -0.25) is 9.59 Å². The number of Topliss-reactive ketones (excluding diaryl/α,β-unsaturated/α-hetero) is 1. The number of carbonyl (C=O) groups excluding carboxylic acids is 3. The van der Waals surface area contributed by atoms with E-state index in [0.717, 1.165) is 28.0 Å². The van der Waals surface area contributed by atoms with E-state index in [1.807, 2.05) is 26.8 Å². The number of rotatable bonds is 5. The van der Waals surface area contributed by atoms with Crippen LogP contribution in [0.15, 0.2) is 17.5 Å². The Morgan fingerprint density at radius 1 is 1.12 bits per heavy atom. The Hall–Kier alpha value is -2.54. The lowest BCUT2D eigenvalue weighted by Crippen LogP contribution is -2.16. The summed E-state index contributed by atoms with van der Waals surface area (Å²) in [7, 11) is 0. The van der Waals surface area contributed by atoms with Crippen molar-refractivity contribution >= 4 is 34.1 Å². The van der Waals surface area contributed by atoms with Crippen molar-refractivity contribution in [3.63, 3.8) is 0 Å². The topological polar surface area (TPSA) is 85.4 Å². The average Bonchev–Trinajstić information content (AvgIpc) is 2.96. The van der Waals surface area contributed by atoms with Crippen molar-refractivity contribution in [2.45, 2.75) is 27.7 Å². The van der Waals surface area contributed by atoms with Crippen LogP contribution in [0.5, 0.6) is 0 Å². The maximum absolute atomic E-state index is 12.3. The van der Waals surface area contributed by atoms with Crippen molar-refractivity contribution in [2.24, 2.45) is 0 Å². The van der Waals surface area contributed by atoms with Gasteiger partial charge in [0.1, 0.15) is 0 Å². The molecule has 6 nitrogen and oxygen atoms in total. The summed E-state index contributed by atoms with van der Waals surface area (Å²) < 4.78 is 5.03. The van der Waals surface area contributed by atoms with Gasteiger partial charge in [-0.1, -0.05) is 6.07 Å². The molecule has 0 spiro atoms. The summed E-state index contributed by atoms with van der Waals surface area (Å²) >= 11 is 1.11. The molecule has 7 heteroatoms. The van der Waals surface area contributed by atoms with E-state index in [1.165, 1.54) is 12.3 Å². The van der Waals surface area contributed by atoms with E-state index < -0.39 is 5.97 Å². The fourth-order valence-electron chi connectivity index (χ4n) is 2.12. The lowest BCUT2D eigenvalue weighted by atomic mass is 9.98. The number of esters is 1. The fraction of sp³-hybridized carbons (Fsp3) is 0.294. The molecule has 0 bridgehead atoms. The number of hydrogen-bond acceptors (Lipinski definition) is 6. The van der Waals surface area contributed by atoms with Gasteiger partial charge in [-0.2, -0.15) is 0 Å². The first kappa shape index (κ1) is 17.8. The molecule has 0 aliphatic rings. The molecule has 0 aliphatic carbocycles. The number of ketones is 1. The molecule has 126 valence electrons. The quantitative estimate of drug-likeness (QED) is 0.664. The molecular weight excluding hydrogens is 328 g/mol. The van der Waals surface area contributed by atoms with Gasteiger partial charge in [-0.05, 0) is 43.5 Å². The summed E-state index contributed by atoms with van der Waals surface area (Å²) in [4.78, 5) is 39.1. The standard InChI is InChI=1S/C17H18N2O4S/c1-9-5-11(3)13(6-10(9)2)15(21)7-23-16(22)14-8-24-17(19-14)18-12(4)20/h5-6,8H,7H2,1-4H3,(H,18,19,20). The number of ether oxygens (including phenoxy) is 1. The highest BCUT2D eigenvalue weighted by Crippen LogP contribution is 2.18. The summed E-state index contributed by atoms with van der Waals surface area (Å²) in [5, 5.41) is 4.27. The smallest absolute Gasteiger partial charge is 0.358 e. The molecule has 0 atom stereocenters. The first-order valence-electron chi connectivity index (χ1n) is 7.29. The van der Waals surface area contributed by atoms with Crippen molar-refractivity contribution in [3.8, 4) is 0 Å². The van der Waals surface area contributed by atoms with E-state index in [0.29, 0.717) is 10.7 Å². The number of nitrogens with zero attached hydrogens (tertiary/aromatic N) is 1. The van der Waals surface area contributed by atoms with Gasteiger partial charge in [0.2, 0.25) is 11.7 Å². The molecule has 0 fully saturated rings. The Labute approximate surface area is 143 Å². The first-order valence-corrected chi connectivity index (χ1v) is 8.17. The highest BCUT2D eigenvalue weighted by atomic mass is 32.1. The maximum atomic E-state index is 12.3. The van der Waals surface area contributed by atoms with Gasteiger partial charge in [0.25, 0.3) is 0 Å². The van der Waals surface area contributed by atoms with Crippen molar-refractivity contribution < 1.29 is 19.1 Å². The summed E-state index contributed by atoms with van der Waals surface area (Å²) in [6, 6.07) is 3.74. The second-order valence-corrected chi connectivity index (χ2v) is 6.33. The van der Waals surface area contributed by atoms with Gasteiger partial charge in [0.05, 0.1) is 0 Å². The largest absolute Gasteiger partial charge is 0.453 e. The molecule has 0 aliphatic heterocycles. The third-order valence-electron chi connectivity index (χ3n) is 3.47. The van der Waals surface area contributed by atoms with Crippen LogP contribution in [0.4, 0.5) is 5.13 Å². The molecule has 0 saturated heterocycles. The zero-order valence-electron chi connectivity index (χ0n) is 13.9. The molecule has 1 amide bonds. The van der Waals surface area contributed by atoms with Gasteiger partial charge >= 0.3 is 5.97 Å². The van der Waals surface area contributed by atoms with Gasteiger partial charge < -0.3 is 10.1 Å². The number of amides is 1. The van der Waals surface area contributed by atoms with Crippen LogP contribution in [-0.4, -0.2) is 29.3 Å². The second-order valence-electron chi connectivity index (χ2n) is 5.47. The molecule has 0 unspecified atom stereocenters. The predicted octanol–water partition coefficient (Wildman–Crippen LogP) is 3.07. The Morgan fingerprint density at radius 2 is 1.79 bits per heavy atom. The minimum atomic E-state index is -0.697. The van der Waals surface area contributed by atoms with Crippen molar-refractivity contribution in [2.75, 3.05) is 11.9 Å². The molecule has 1 aromatic heterocycles. The van der Waals surface area contributed by atoms with E-state index in [4.69, 9.17) is 4.74 Å². The summed E-state index contributed by atoms with van der Waals surface area (Å²) in [5.74, 6) is -1.23. The Morgan fingerprint density at radius 3 is 2.46 bits per heavy atom. The molecule has 1 N–H and O–H groups in total. The number of hydrogen-bond donors (Lipinski definition) is 1.